The first-order valence-corrected chi connectivity index (χ1v) is 10.6. The maximum absolute atomic E-state index is 12.1. The Bertz CT molecular complexity index is 386. The Labute approximate surface area is 172 Å². The van der Waals surface area contributed by atoms with E-state index in [1.165, 1.54) is 0 Å². The third-order valence-electron chi connectivity index (χ3n) is 4.12. The second-order valence-corrected chi connectivity index (χ2v) is 8.02. The van der Waals surface area contributed by atoms with Gasteiger partial charge in [0.25, 0.3) is 0 Å². The summed E-state index contributed by atoms with van der Waals surface area (Å²) in [6, 6.07) is 0.370. The van der Waals surface area contributed by atoms with E-state index in [1.807, 2.05) is 6.92 Å². The molecular formula is C17H36IN3O3S. The van der Waals surface area contributed by atoms with Crippen molar-refractivity contribution >= 4 is 40.7 Å². The summed E-state index contributed by atoms with van der Waals surface area (Å²) >= 11 is 0. The molecule has 3 unspecified atom stereocenters. The average molecular weight is 489 g/mol. The van der Waals surface area contributed by atoms with Gasteiger partial charge in [0.05, 0.1) is 13.2 Å². The summed E-state index contributed by atoms with van der Waals surface area (Å²) in [5.74, 6) is 1.62. The smallest absolute Gasteiger partial charge is 0.191 e. The van der Waals surface area contributed by atoms with Crippen molar-refractivity contribution in [1.29, 1.82) is 0 Å². The first-order valence-electron chi connectivity index (χ1n) is 9.19. The van der Waals surface area contributed by atoms with Crippen LogP contribution in [0.2, 0.25) is 0 Å². The summed E-state index contributed by atoms with van der Waals surface area (Å²) < 4.78 is 22.4. The quantitative estimate of drug-likeness (QED) is 0.202. The predicted octanol–water partition coefficient (Wildman–Crippen LogP) is 2.29. The highest BCUT2D eigenvalue weighted by atomic mass is 127. The van der Waals surface area contributed by atoms with E-state index in [0.29, 0.717) is 31.1 Å². The first kappa shape index (κ1) is 25.1. The van der Waals surface area contributed by atoms with E-state index in [0.717, 1.165) is 56.9 Å². The monoisotopic (exact) mass is 489 g/mol. The fourth-order valence-electron chi connectivity index (χ4n) is 2.87. The fourth-order valence-corrected chi connectivity index (χ4v) is 4.21. The van der Waals surface area contributed by atoms with Crippen LogP contribution in [0.25, 0.3) is 0 Å². The van der Waals surface area contributed by atoms with E-state index < -0.39 is 10.8 Å². The van der Waals surface area contributed by atoms with Crippen molar-refractivity contribution in [3.8, 4) is 0 Å². The molecule has 8 heteroatoms. The number of ether oxygens (including phenoxy) is 2. The highest BCUT2D eigenvalue weighted by Gasteiger charge is 2.25. The highest BCUT2D eigenvalue weighted by molar-refractivity contribution is 14.0. The molecule has 0 heterocycles. The summed E-state index contributed by atoms with van der Waals surface area (Å²) in [6.45, 7) is 7.63. The molecule has 1 rings (SSSR count). The molecule has 0 spiro atoms. The zero-order valence-electron chi connectivity index (χ0n) is 15.9. The van der Waals surface area contributed by atoms with Crippen LogP contribution >= 0.6 is 24.0 Å². The van der Waals surface area contributed by atoms with E-state index >= 15 is 0 Å². The van der Waals surface area contributed by atoms with Gasteiger partial charge in [-0.1, -0.05) is 13.3 Å². The molecule has 1 fully saturated rings. The van der Waals surface area contributed by atoms with Crippen molar-refractivity contribution < 1.29 is 13.7 Å². The molecule has 1 aliphatic rings. The van der Waals surface area contributed by atoms with Crippen LogP contribution in [-0.2, 0) is 20.3 Å². The van der Waals surface area contributed by atoms with Crippen LogP contribution in [0.3, 0.4) is 0 Å². The zero-order valence-corrected chi connectivity index (χ0v) is 19.1. The Morgan fingerprint density at radius 2 is 2.04 bits per heavy atom. The summed E-state index contributed by atoms with van der Waals surface area (Å²) in [4.78, 5) is 4.62. The summed E-state index contributed by atoms with van der Waals surface area (Å²) in [5, 5.41) is 7.15. The molecular weight excluding hydrogens is 453 g/mol. The standard InChI is InChI=1S/C17H35N3O3S.HI/c1-4-18-17(19-10-7-11-23-13-12-22-3)20-15-8-6-9-16(14-15)24(21)5-2;/h15-16H,4-14H2,1-3H3,(H2,18,19,20);1H. The molecule has 0 saturated heterocycles. The molecule has 1 saturated carbocycles. The van der Waals surface area contributed by atoms with Gasteiger partial charge in [0.1, 0.15) is 0 Å². The Hall–Kier alpha value is 0.0700. The van der Waals surface area contributed by atoms with Crippen molar-refractivity contribution in [2.24, 2.45) is 4.99 Å². The lowest BCUT2D eigenvalue weighted by atomic mass is 9.95. The van der Waals surface area contributed by atoms with Crippen LogP contribution in [-0.4, -0.2) is 67.2 Å². The van der Waals surface area contributed by atoms with Gasteiger partial charge in [0.2, 0.25) is 0 Å². The molecule has 0 aliphatic heterocycles. The second-order valence-electron chi connectivity index (χ2n) is 6.02. The number of halogens is 1. The number of rotatable bonds is 11. The van der Waals surface area contributed by atoms with E-state index in [1.54, 1.807) is 7.11 Å². The molecule has 2 N–H and O–H groups in total. The third-order valence-corrected chi connectivity index (χ3v) is 5.86. The van der Waals surface area contributed by atoms with Gasteiger partial charge in [0.15, 0.2) is 5.96 Å². The minimum atomic E-state index is -0.691. The lowest BCUT2D eigenvalue weighted by molar-refractivity contribution is 0.0702. The van der Waals surface area contributed by atoms with Crippen LogP contribution in [0.4, 0.5) is 0 Å². The van der Waals surface area contributed by atoms with Gasteiger partial charge in [-0.2, -0.15) is 0 Å². The van der Waals surface area contributed by atoms with Crippen LogP contribution in [0, 0.1) is 0 Å². The van der Waals surface area contributed by atoms with Gasteiger partial charge in [-0.3, -0.25) is 9.20 Å². The average Bonchev–Trinajstić information content (AvgIpc) is 2.60. The van der Waals surface area contributed by atoms with Crippen molar-refractivity contribution in [3.05, 3.63) is 0 Å². The van der Waals surface area contributed by atoms with Crippen LogP contribution in [0.5, 0.6) is 0 Å². The number of guanidine groups is 1. The molecule has 0 bridgehead atoms. The van der Waals surface area contributed by atoms with Gasteiger partial charge in [-0.15, -0.1) is 24.0 Å². The first-order chi connectivity index (χ1) is 11.7. The lowest BCUT2D eigenvalue weighted by Gasteiger charge is -2.30. The molecule has 1 aliphatic carbocycles. The number of nitrogens with one attached hydrogen (secondary N) is 2. The largest absolute Gasteiger partial charge is 0.382 e. The minimum absolute atomic E-state index is 0. The molecule has 0 radical (unpaired) electrons. The van der Waals surface area contributed by atoms with Crippen LogP contribution in [0.15, 0.2) is 4.99 Å². The lowest BCUT2D eigenvalue weighted by Crippen LogP contribution is -2.46. The van der Waals surface area contributed by atoms with Gasteiger partial charge < -0.3 is 20.1 Å². The zero-order chi connectivity index (χ0) is 17.6. The van der Waals surface area contributed by atoms with Gasteiger partial charge >= 0.3 is 0 Å². The number of nitrogens with zero attached hydrogens (tertiary/aromatic N) is 1. The second kappa shape index (κ2) is 16.3. The molecule has 150 valence electrons. The van der Waals surface area contributed by atoms with Crippen LogP contribution < -0.4 is 10.6 Å². The molecule has 3 atom stereocenters. The van der Waals surface area contributed by atoms with E-state index in [9.17, 15) is 4.21 Å². The van der Waals surface area contributed by atoms with Gasteiger partial charge in [-0.05, 0) is 32.6 Å². The molecule has 25 heavy (non-hydrogen) atoms. The molecule has 0 amide bonds. The van der Waals surface area contributed by atoms with Gasteiger partial charge in [-0.25, -0.2) is 0 Å². The van der Waals surface area contributed by atoms with Crippen molar-refractivity contribution in [2.75, 3.05) is 45.8 Å². The summed E-state index contributed by atoms with van der Waals surface area (Å²) in [6.07, 6.45) is 5.23. The third kappa shape index (κ3) is 11.4. The summed E-state index contributed by atoms with van der Waals surface area (Å²) in [5.41, 5.74) is 0. The SMILES string of the molecule is CCNC(=NCCCOCCOC)NC1CCCC(S(=O)CC)C1.I. The van der Waals surface area contributed by atoms with Crippen molar-refractivity contribution in [1.82, 2.24) is 10.6 Å². The van der Waals surface area contributed by atoms with E-state index in [4.69, 9.17) is 9.47 Å². The molecule has 0 aromatic carbocycles. The van der Waals surface area contributed by atoms with E-state index in [-0.39, 0.29) is 24.0 Å². The Morgan fingerprint density at radius 1 is 1.24 bits per heavy atom. The molecule has 0 aromatic rings. The topological polar surface area (TPSA) is 72.0 Å². The number of hydrogen-bond acceptors (Lipinski definition) is 4. The number of hydrogen-bond donors (Lipinski definition) is 2. The van der Waals surface area contributed by atoms with E-state index in [2.05, 4.69) is 22.5 Å². The van der Waals surface area contributed by atoms with Crippen molar-refractivity contribution in [2.45, 2.75) is 57.2 Å². The Morgan fingerprint density at radius 3 is 2.72 bits per heavy atom. The fraction of sp³-hybridized carbons (Fsp3) is 0.941. The maximum atomic E-state index is 12.1. The predicted molar refractivity (Wildman–Crippen MR) is 117 cm³/mol. The Kier molecular flexibility index (Phi) is 16.3. The normalized spacial score (nSPS) is 22.1. The maximum Gasteiger partial charge on any atom is 0.191 e. The highest BCUT2D eigenvalue weighted by Crippen LogP contribution is 2.22. The molecule has 6 nitrogen and oxygen atoms in total. The minimum Gasteiger partial charge on any atom is -0.382 e. The van der Waals surface area contributed by atoms with Gasteiger partial charge in [0, 0.05) is 54.7 Å². The number of aliphatic imine (C=N–C) groups is 1. The van der Waals surface area contributed by atoms with Crippen LogP contribution in [0.1, 0.15) is 46.0 Å². The van der Waals surface area contributed by atoms with Crippen molar-refractivity contribution in [3.63, 3.8) is 0 Å². The molecule has 0 aromatic heterocycles. The summed E-state index contributed by atoms with van der Waals surface area (Å²) in [7, 11) is 0.984. The number of methoxy groups -OCH3 is 1. The Balaban J connectivity index is 0.00000576.